The molecule has 1 unspecified atom stereocenters. The summed E-state index contributed by atoms with van der Waals surface area (Å²) in [5, 5.41) is 3.63. The van der Waals surface area contributed by atoms with Crippen LogP contribution in [0.4, 0.5) is 5.69 Å². The maximum Gasteiger partial charge on any atom is 0.240 e. The molecule has 3 N–H and O–H groups in total. The van der Waals surface area contributed by atoms with Crippen molar-refractivity contribution in [1.82, 2.24) is 0 Å². The summed E-state index contributed by atoms with van der Waals surface area (Å²) in [7, 11) is 0. The van der Waals surface area contributed by atoms with Crippen molar-refractivity contribution < 1.29 is 4.79 Å². The van der Waals surface area contributed by atoms with E-state index >= 15 is 0 Å². The molecule has 3 nitrogen and oxygen atoms in total. The van der Waals surface area contributed by atoms with Crippen molar-refractivity contribution >= 4 is 23.2 Å². The first-order chi connectivity index (χ1) is 7.02. The molecule has 1 rings (SSSR count). The number of primary amides is 1. The Morgan fingerprint density at radius 2 is 2.00 bits per heavy atom. The molecule has 0 aliphatic rings. The zero-order valence-electron chi connectivity index (χ0n) is 8.83. The van der Waals surface area contributed by atoms with Crippen LogP contribution in [0.2, 0.25) is 5.02 Å². The summed E-state index contributed by atoms with van der Waals surface area (Å²) in [5.41, 5.74) is 6.02. The zero-order chi connectivity index (χ0) is 11.4. The normalized spacial score (nSPS) is 12.5. The van der Waals surface area contributed by atoms with Crippen LogP contribution < -0.4 is 11.1 Å². The summed E-state index contributed by atoms with van der Waals surface area (Å²) in [6.45, 7) is 3.86. The van der Waals surface area contributed by atoms with E-state index in [0.717, 1.165) is 5.69 Å². The minimum absolute atomic E-state index is 0.124. The van der Waals surface area contributed by atoms with Gasteiger partial charge in [0, 0.05) is 0 Å². The number of carbonyl (C=O) groups excluding carboxylic acids is 1. The predicted molar refractivity (Wildman–Crippen MR) is 62.9 cm³/mol. The highest BCUT2D eigenvalue weighted by atomic mass is 35.5. The first kappa shape index (κ1) is 11.9. The van der Waals surface area contributed by atoms with Gasteiger partial charge >= 0.3 is 0 Å². The van der Waals surface area contributed by atoms with Gasteiger partial charge in [0.25, 0.3) is 0 Å². The van der Waals surface area contributed by atoms with Gasteiger partial charge in [0.15, 0.2) is 0 Å². The first-order valence-electron chi connectivity index (χ1n) is 4.82. The van der Waals surface area contributed by atoms with Crippen LogP contribution in [-0.4, -0.2) is 11.9 Å². The van der Waals surface area contributed by atoms with Gasteiger partial charge in [0.05, 0.1) is 10.7 Å². The van der Waals surface area contributed by atoms with Gasteiger partial charge < -0.3 is 11.1 Å². The molecule has 15 heavy (non-hydrogen) atoms. The Bertz CT molecular complexity index is 352. The van der Waals surface area contributed by atoms with Crippen molar-refractivity contribution in [3.63, 3.8) is 0 Å². The van der Waals surface area contributed by atoms with Crippen molar-refractivity contribution in [3.05, 3.63) is 29.3 Å². The van der Waals surface area contributed by atoms with Gasteiger partial charge in [-0.15, -0.1) is 0 Å². The number of carbonyl (C=O) groups is 1. The molecule has 1 amide bonds. The predicted octanol–water partition coefficient (Wildman–Crippen LogP) is 2.26. The third-order valence-corrected chi connectivity index (χ3v) is 2.49. The lowest BCUT2D eigenvalue weighted by Crippen LogP contribution is -2.39. The molecule has 0 heterocycles. The van der Waals surface area contributed by atoms with Gasteiger partial charge in [-0.25, -0.2) is 0 Å². The molecule has 0 fully saturated rings. The van der Waals surface area contributed by atoms with Gasteiger partial charge in [-0.1, -0.05) is 37.6 Å². The molecule has 0 radical (unpaired) electrons. The maximum absolute atomic E-state index is 11.2. The van der Waals surface area contributed by atoms with E-state index in [1.54, 1.807) is 6.07 Å². The lowest BCUT2D eigenvalue weighted by atomic mass is 10.0. The molecule has 0 spiro atoms. The van der Waals surface area contributed by atoms with Gasteiger partial charge in [-0.3, -0.25) is 4.79 Å². The van der Waals surface area contributed by atoms with Gasteiger partial charge in [0.1, 0.15) is 6.04 Å². The van der Waals surface area contributed by atoms with Crippen molar-refractivity contribution in [3.8, 4) is 0 Å². The second-order valence-corrected chi connectivity index (χ2v) is 4.16. The summed E-state index contributed by atoms with van der Waals surface area (Å²) in [6.07, 6.45) is 0. The minimum Gasteiger partial charge on any atom is -0.372 e. The number of rotatable bonds is 4. The maximum atomic E-state index is 11.2. The molecule has 0 saturated heterocycles. The molecule has 0 aromatic heterocycles. The van der Waals surface area contributed by atoms with E-state index in [9.17, 15) is 4.79 Å². The number of para-hydroxylation sites is 1. The number of amides is 1. The summed E-state index contributed by atoms with van der Waals surface area (Å²) in [6, 6.07) is 6.88. The monoisotopic (exact) mass is 226 g/mol. The summed E-state index contributed by atoms with van der Waals surface area (Å²) in [4.78, 5) is 11.2. The van der Waals surface area contributed by atoms with Crippen LogP contribution in [0.5, 0.6) is 0 Å². The lowest BCUT2D eigenvalue weighted by molar-refractivity contribution is -0.119. The van der Waals surface area contributed by atoms with Crippen LogP contribution in [0.15, 0.2) is 24.3 Å². The third kappa shape index (κ3) is 3.13. The summed E-state index contributed by atoms with van der Waals surface area (Å²) in [5.74, 6) is -0.247. The highest BCUT2D eigenvalue weighted by Crippen LogP contribution is 2.22. The lowest BCUT2D eigenvalue weighted by Gasteiger charge is -2.20. The second-order valence-electron chi connectivity index (χ2n) is 3.75. The molecule has 1 aromatic carbocycles. The fourth-order valence-electron chi connectivity index (χ4n) is 1.31. The molecule has 0 aliphatic heterocycles. The fourth-order valence-corrected chi connectivity index (χ4v) is 1.50. The Morgan fingerprint density at radius 3 is 2.47 bits per heavy atom. The van der Waals surface area contributed by atoms with Crippen molar-refractivity contribution in [2.45, 2.75) is 19.9 Å². The van der Waals surface area contributed by atoms with Crippen LogP contribution in [0, 0.1) is 5.92 Å². The number of hydrogen-bond acceptors (Lipinski definition) is 2. The molecule has 0 bridgehead atoms. The Labute approximate surface area is 94.6 Å². The Morgan fingerprint density at radius 1 is 1.40 bits per heavy atom. The van der Waals surface area contributed by atoms with Crippen molar-refractivity contribution in [1.29, 1.82) is 0 Å². The number of nitrogens with one attached hydrogen (secondary N) is 1. The minimum atomic E-state index is -0.398. The van der Waals surface area contributed by atoms with E-state index in [1.807, 2.05) is 32.0 Å². The van der Waals surface area contributed by atoms with E-state index in [0.29, 0.717) is 5.02 Å². The van der Waals surface area contributed by atoms with Crippen LogP contribution >= 0.6 is 11.6 Å². The number of benzene rings is 1. The molecule has 1 aromatic rings. The molecular weight excluding hydrogens is 212 g/mol. The SMILES string of the molecule is CC(C)C(Nc1ccccc1Cl)C(N)=O. The fraction of sp³-hybridized carbons (Fsp3) is 0.364. The Hall–Kier alpha value is -1.22. The summed E-state index contributed by atoms with van der Waals surface area (Å²) < 4.78 is 0. The third-order valence-electron chi connectivity index (χ3n) is 2.16. The number of halogens is 1. The second kappa shape index (κ2) is 5.03. The topological polar surface area (TPSA) is 55.1 Å². The highest BCUT2D eigenvalue weighted by molar-refractivity contribution is 6.33. The highest BCUT2D eigenvalue weighted by Gasteiger charge is 2.19. The largest absolute Gasteiger partial charge is 0.372 e. The molecule has 82 valence electrons. The number of hydrogen-bond donors (Lipinski definition) is 2. The van der Waals surface area contributed by atoms with Crippen LogP contribution in [0.25, 0.3) is 0 Å². The van der Waals surface area contributed by atoms with Gasteiger partial charge in [-0.2, -0.15) is 0 Å². The van der Waals surface area contributed by atoms with Crippen molar-refractivity contribution in [2.75, 3.05) is 5.32 Å². The van der Waals surface area contributed by atoms with Gasteiger partial charge in [0.2, 0.25) is 5.91 Å². The van der Waals surface area contributed by atoms with E-state index in [-0.39, 0.29) is 11.8 Å². The summed E-state index contributed by atoms with van der Waals surface area (Å²) >= 11 is 5.96. The molecule has 4 heteroatoms. The number of anilines is 1. The molecular formula is C11H15ClN2O. The smallest absolute Gasteiger partial charge is 0.240 e. The quantitative estimate of drug-likeness (QED) is 0.828. The van der Waals surface area contributed by atoms with Crippen LogP contribution in [-0.2, 0) is 4.79 Å². The molecule has 0 saturated carbocycles. The van der Waals surface area contributed by atoms with Gasteiger partial charge in [-0.05, 0) is 18.1 Å². The van der Waals surface area contributed by atoms with E-state index in [1.165, 1.54) is 0 Å². The van der Waals surface area contributed by atoms with Crippen molar-refractivity contribution in [2.24, 2.45) is 11.7 Å². The van der Waals surface area contributed by atoms with E-state index in [2.05, 4.69) is 5.32 Å². The van der Waals surface area contributed by atoms with E-state index < -0.39 is 6.04 Å². The first-order valence-corrected chi connectivity index (χ1v) is 5.20. The average molecular weight is 227 g/mol. The van der Waals surface area contributed by atoms with Crippen LogP contribution in [0.3, 0.4) is 0 Å². The number of nitrogens with two attached hydrogens (primary N) is 1. The molecule has 1 atom stereocenters. The average Bonchev–Trinajstić information content (AvgIpc) is 2.15. The standard InChI is InChI=1S/C11H15ClN2O/c1-7(2)10(11(13)15)14-9-6-4-3-5-8(9)12/h3-7,10,14H,1-2H3,(H2,13,15). The zero-order valence-corrected chi connectivity index (χ0v) is 9.58. The van der Waals surface area contributed by atoms with E-state index in [4.69, 9.17) is 17.3 Å². The Balaban J connectivity index is 2.84. The van der Waals surface area contributed by atoms with Crippen LogP contribution in [0.1, 0.15) is 13.8 Å². The molecule has 0 aliphatic carbocycles. The Kier molecular flexibility index (Phi) is 3.97.